The third-order valence-corrected chi connectivity index (χ3v) is 4.63. The molecule has 2 heterocycles. The van der Waals surface area contributed by atoms with Gasteiger partial charge in [0.05, 0.1) is 13.0 Å². The van der Waals surface area contributed by atoms with E-state index in [1.807, 2.05) is 42.5 Å². The average molecular weight is 366 g/mol. The monoisotopic (exact) mass is 366 g/mol. The van der Waals surface area contributed by atoms with Crippen LogP contribution < -0.4 is 15.5 Å². The van der Waals surface area contributed by atoms with E-state index in [9.17, 15) is 9.59 Å². The molecule has 1 aromatic carbocycles. The lowest BCUT2D eigenvalue weighted by Gasteiger charge is -2.27. The molecule has 2 amide bonds. The Morgan fingerprint density at radius 3 is 2.37 bits per heavy atom. The lowest BCUT2D eigenvalue weighted by atomic mass is 10.1. The van der Waals surface area contributed by atoms with Crippen LogP contribution >= 0.6 is 0 Å². The zero-order chi connectivity index (χ0) is 18.9. The first-order valence-corrected chi connectivity index (χ1v) is 9.48. The minimum atomic E-state index is -0.212. The molecular weight excluding hydrogens is 340 g/mol. The van der Waals surface area contributed by atoms with Gasteiger partial charge < -0.3 is 15.5 Å². The number of hydrogen-bond acceptors (Lipinski definition) is 4. The summed E-state index contributed by atoms with van der Waals surface area (Å²) < 4.78 is 0. The van der Waals surface area contributed by atoms with Crippen molar-refractivity contribution in [2.75, 3.05) is 24.5 Å². The highest BCUT2D eigenvalue weighted by Gasteiger charge is 2.12. The number of pyridine rings is 1. The summed E-state index contributed by atoms with van der Waals surface area (Å²) in [5, 5.41) is 5.46. The van der Waals surface area contributed by atoms with Gasteiger partial charge in [-0.05, 0) is 36.5 Å². The molecule has 0 unspecified atom stereocenters. The number of nitrogens with zero attached hydrogens (tertiary/aromatic N) is 2. The summed E-state index contributed by atoms with van der Waals surface area (Å²) in [4.78, 5) is 30.6. The number of rotatable bonds is 7. The Bertz CT molecular complexity index is 741. The standard InChI is InChI=1S/C21H26N4O2/c26-20(13-17-7-3-1-4-8-17)24-16-21(27)23-15-18-9-10-19(22-14-18)25-11-5-2-6-12-25/h1,3-4,7-10,14H,2,5-6,11-13,15-16H2,(H,23,27)(H,24,26). The van der Waals surface area contributed by atoms with Crippen LogP contribution in [0.3, 0.4) is 0 Å². The van der Waals surface area contributed by atoms with Crippen LogP contribution in [0.2, 0.25) is 0 Å². The van der Waals surface area contributed by atoms with Gasteiger partial charge in [0.1, 0.15) is 5.82 Å². The molecule has 0 saturated carbocycles. The molecule has 6 nitrogen and oxygen atoms in total. The summed E-state index contributed by atoms with van der Waals surface area (Å²) >= 11 is 0. The largest absolute Gasteiger partial charge is 0.357 e. The van der Waals surface area contributed by atoms with E-state index >= 15 is 0 Å². The molecule has 0 spiro atoms. The number of piperidine rings is 1. The van der Waals surface area contributed by atoms with Gasteiger partial charge in [-0.3, -0.25) is 9.59 Å². The molecule has 0 bridgehead atoms. The molecule has 3 rings (SSSR count). The van der Waals surface area contributed by atoms with E-state index in [1.165, 1.54) is 19.3 Å². The van der Waals surface area contributed by atoms with E-state index in [-0.39, 0.29) is 24.8 Å². The van der Waals surface area contributed by atoms with Gasteiger partial charge in [-0.1, -0.05) is 36.4 Å². The smallest absolute Gasteiger partial charge is 0.239 e. The topological polar surface area (TPSA) is 74.3 Å². The quantitative estimate of drug-likeness (QED) is 0.786. The number of anilines is 1. The maximum Gasteiger partial charge on any atom is 0.239 e. The fourth-order valence-corrected chi connectivity index (χ4v) is 3.12. The Balaban J connectivity index is 1.38. The van der Waals surface area contributed by atoms with Crippen molar-refractivity contribution in [2.45, 2.75) is 32.2 Å². The summed E-state index contributed by atoms with van der Waals surface area (Å²) in [6, 6.07) is 13.5. The zero-order valence-corrected chi connectivity index (χ0v) is 15.5. The molecule has 0 aliphatic carbocycles. The van der Waals surface area contributed by atoms with Gasteiger partial charge in [-0.25, -0.2) is 4.98 Å². The number of nitrogens with one attached hydrogen (secondary N) is 2. The van der Waals surface area contributed by atoms with Crippen molar-refractivity contribution in [2.24, 2.45) is 0 Å². The van der Waals surface area contributed by atoms with Crippen LogP contribution in [0.5, 0.6) is 0 Å². The molecule has 1 aliphatic heterocycles. The number of amides is 2. The van der Waals surface area contributed by atoms with E-state index in [0.29, 0.717) is 6.54 Å². The summed E-state index contributed by atoms with van der Waals surface area (Å²) in [5.74, 6) is 0.623. The molecule has 6 heteroatoms. The molecule has 1 aliphatic rings. The van der Waals surface area contributed by atoms with Gasteiger partial charge in [0.25, 0.3) is 0 Å². The van der Waals surface area contributed by atoms with Crippen LogP contribution in [-0.4, -0.2) is 36.4 Å². The van der Waals surface area contributed by atoms with Crippen LogP contribution in [-0.2, 0) is 22.6 Å². The minimum absolute atomic E-state index is 0.0229. The second-order valence-corrected chi connectivity index (χ2v) is 6.79. The molecule has 1 fully saturated rings. The minimum Gasteiger partial charge on any atom is -0.357 e. The molecule has 1 saturated heterocycles. The Kier molecular flexibility index (Phi) is 6.79. The Morgan fingerprint density at radius 1 is 0.889 bits per heavy atom. The highest BCUT2D eigenvalue weighted by Crippen LogP contribution is 2.17. The van der Waals surface area contributed by atoms with Gasteiger partial charge in [-0.2, -0.15) is 0 Å². The van der Waals surface area contributed by atoms with Crippen LogP contribution in [0.25, 0.3) is 0 Å². The highest BCUT2D eigenvalue weighted by atomic mass is 16.2. The maximum absolute atomic E-state index is 11.9. The fourth-order valence-electron chi connectivity index (χ4n) is 3.12. The zero-order valence-electron chi connectivity index (χ0n) is 15.5. The van der Waals surface area contributed by atoms with E-state index in [4.69, 9.17) is 0 Å². The third kappa shape index (κ3) is 6.09. The molecule has 2 aromatic rings. The Morgan fingerprint density at radius 2 is 1.67 bits per heavy atom. The molecule has 0 radical (unpaired) electrons. The van der Waals surface area contributed by atoms with Gasteiger partial charge in [0.15, 0.2) is 0 Å². The number of hydrogen-bond donors (Lipinski definition) is 2. The van der Waals surface area contributed by atoms with E-state index in [2.05, 4.69) is 20.5 Å². The van der Waals surface area contributed by atoms with Gasteiger partial charge in [0.2, 0.25) is 11.8 Å². The fraction of sp³-hybridized carbons (Fsp3) is 0.381. The number of benzene rings is 1. The van der Waals surface area contributed by atoms with Crippen LogP contribution in [0.4, 0.5) is 5.82 Å². The molecule has 2 N–H and O–H groups in total. The predicted octanol–water partition coefficient (Wildman–Crippen LogP) is 2.05. The van der Waals surface area contributed by atoms with Gasteiger partial charge >= 0.3 is 0 Å². The molecule has 1 aromatic heterocycles. The van der Waals surface area contributed by atoms with Crippen molar-refractivity contribution in [3.05, 3.63) is 59.8 Å². The van der Waals surface area contributed by atoms with E-state index in [1.54, 1.807) is 6.20 Å². The van der Waals surface area contributed by atoms with Crippen LogP contribution in [0.1, 0.15) is 30.4 Å². The average Bonchev–Trinajstić information content (AvgIpc) is 2.72. The summed E-state index contributed by atoms with van der Waals surface area (Å²) in [7, 11) is 0. The molecular formula is C21H26N4O2. The number of aromatic nitrogens is 1. The first kappa shape index (κ1) is 18.9. The predicted molar refractivity (Wildman–Crippen MR) is 105 cm³/mol. The first-order valence-electron chi connectivity index (χ1n) is 9.48. The van der Waals surface area contributed by atoms with E-state index in [0.717, 1.165) is 30.0 Å². The third-order valence-electron chi connectivity index (χ3n) is 4.63. The number of carbonyl (C=O) groups excluding carboxylic acids is 2. The summed E-state index contributed by atoms with van der Waals surface area (Å²) in [6.07, 6.45) is 5.81. The van der Waals surface area contributed by atoms with Crippen LogP contribution in [0.15, 0.2) is 48.7 Å². The Labute approximate surface area is 160 Å². The second-order valence-electron chi connectivity index (χ2n) is 6.79. The normalized spacial score (nSPS) is 13.9. The Hall–Kier alpha value is -2.89. The second kappa shape index (κ2) is 9.71. The van der Waals surface area contributed by atoms with Crippen molar-refractivity contribution >= 4 is 17.6 Å². The summed E-state index contributed by atoms with van der Waals surface area (Å²) in [5.41, 5.74) is 1.87. The lowest BCUT2D eigenvalue weighted by Crippen LogP contribution is -2.37. The maximum atomic E-state index is 11.9. The van der Waals surface area contributed by atoms with Crippen LogP contribution in [0, 0.1) is 0 Å². The van der Waals surface area contributed by atoms with Gasteiger partial charge in [0, 0.05) is 25.8 Å². The SMILES string of the molecule is O=C(CNC(=O)Cc1ccccc1)NCc1ccc(N2CCCCC2)nc1. The van der Waals surface area contributed by atoms with Crippen molar-refractivity contribution in [3.8, 4) is 0 Å². The number of carbonyl (C=O) groups is 2. The first-order chi connectivity index (χ1) is 13.2. The molecule has 0 atom stereocenters. The summed E-state index contributed by atoms with van der Waals surface area (Å²) in [6.45, 7) is 2.50. The highest BCUT2D eigenvalue weighted by molar-refractivity contribution is 5.85. The molecule has 142 valence electrons. The van der Waals surface area contributed by atoms with E-state index < -0.39 is 0 Å². The lowest BCUT2D eigenvalue weighted by molar-refractivity contribution is -0.125. The van der Waals surface area contributed by atoms with Crippen molar-refractivity contribution in [1.29, 1.82) is 0 Å². The van der Waals surface area contributed by atoms with Gasteiger partial charge in [-0.15, -0.1) is 0 Å². The van der Waals surface area contributed by atoms with Crippen molar-refractivity contribution < 1.29 is 9.59 Å². The van der Waals surface area contributed by atoms with Crippen molar-refractivity contribution in [1.82, 2.24) is 15.6 Å². The van der Waals surface area contributed by atoms with Crippen molar-refractivity contribution in [3.63, 3.8) is 0 Å². The molecule has 27 heavy (non-hydrogen) atoms.